The second-order valence-corrected chi connectivity index (χ2v) is 12.5. The number of rotatable bonds is 7. The molecule has 0 radical (unpaired) electrons. The Hall–Kier alpha value is -3.49. The second kappa shape index (κ2) is 11.7. The van der Waals surface area contributed by atoms with Crippen LogP contribution in [0.15, 0.2) is 78.0 Å². The van der Waals surface area contributed by atoms with Crippen molar-refractivity contribution in [2.24, 2.45) is 10.9 Å². The molecule has 3 heterocycles. The van der Waals surface area contributed by atoms with Crippen LogP contribution in [0.25, 0.3) is 27.9 Å². The zero-order valence-electron chi connectivity index (χ0n) is 24.1. The lowest BCUT2D eigenvalue weighted by Crippen LogP contribution is -2.40. The van der Waals surface area contributed by atoms with E-state index < -0.39 is 5.60 Å². The number of aliphatic imine (C=N–C) groups is 1. The molecule has 2 N–H and O–H groups in total. The molecule has 6 rings (SSSR count). The fraction of sp³-hybridized carbons (Fsp3) is 0.353. The van der Waals surface area contributed by atoms with Crippen LogP contribution in [0, 0.1) is 5.92 Å². The normalized spacial score (nSPS) is 20.3. The maximum atomic E-state index is 10.1. The highest BCUT2D eigenvalue weighted by Crippen LogP contribution is 2.38. The van der Waals surface area contributed by atoms with Gasteiger partial charge in [0, 0.05) is 23.2 Å². The molecule has 3 aromatic carbocycles. The number of hydrogen-bond donors (Lipinski definition) is 2. The zero-order valence-corrected chi connectivity index (χ0v) is 24.9. The van der Waals surface area contributed by atoms with Gasteiger partial charge in [-0.15, -0.1) is 0 Å². The van der Waals surface area contributed by atoms with Crippen molar-refractivity contribution >= 4 is 23.2 Å². The van der Waals surface area contributed by atoms with E-state index in [1.807, 2.05) is 35.1 Å². The smallest absolute Gasteiger partial charge is 0.193 e. The monoisotopic (exact) mass is 585 g/mol. The number of fused-ring (bicyclic) bond motifs is 1. The van der Waals surface area contributed by atoms with E-state index in [0.717, 1.165) is 51.2 Å². The Morgan fingerprint density at radius 1 is 1.05 bits per heavy atom. The van der Waals surface area contributed by atoms with Gasteiger partial charge in [-0.3, -0.25) is 0 Å². The Morgan fingerprint density at radius 3 is 2.40 bits per heavy atom. The number of benzene rings is 3. The lowest BCUT2D eigenvalue weighted by atomic mass is 9.95. The first-order valence-corrected chi connectivity index (χ1v) is 14.8. The number of hydrogen-bond acceptors (Lipinski definition) is 6. The van der Waals surface area contributed by atoms with Crippen LogP contribution in [-0.4, -0.2) is 56.9 Å². The maximum absolute atomic E-state index is 10.1. The first-order chi connectivity index (χ1) is 20.1. The number of nitrogens with zero attached hydrogens (tertiary/aromatic N) is 3. The molecule has 42 heavy (non-hydrogen) atoms. The molecule has 0 spiro atoms. The van der Waals surface area contributed by atoms with Crippen molar-refractivity contribution in [1.82, 2.24) is 9.78 Å². The third kappa shape index (κ3) is 6.30. The molecule has 0 bridgehead atoms. The Labute approximate surface area is 251 Å². The van der Waals surface area contributed by atoms with Crippen molar-refractivity contribution in [2.45, 2.75) is 57.8 Å². The highest BCUT2D eigenvalue weighted by molar-refractivity contribution is 6.33. The van der Waals surface area contributed by atoms with Gasteiger partial charge in [0.15, 0.2) is 5.90 Å². The molecule has 0 unspecified atom stereocenters. The van der Waals surface area contributed by atoms with Crippen molar-refractivity contribution in [1.29, 1.82) is 0 Å². The minimum absolute atomic E-state index is 0.0349. The van der Waals surface area contributed by atoms with E-state index in [0.29, 0.717) is 30.4 Å². The van der Waals surface area contributed by atoms with Crippen molar-refractivity contribution in [2.75, 3.05) is 13.2 Å². The van der Waals surface area contributed by atoms with Crippen molar-refractivity contribution in [3.05, 3.63) is 89.2 Å². The van der Waals surface area contributed by atoms with Crippen molar-refractivity contribution < 1.29 is 19.7 Å². The van der Waals surface area contributed by atoms with E-state index in [1.54, 1.807) is 20.0 Å². The molecule has 0 aliphatic carbocycles. The standard InChI is InChI=1S/C34H36ClN3O4/c1-21-12-28(20-41-32(21)19-39)42-33-14-26-13-30(35)29(15-31(26)37-33)25-6-4-23(5-7-25)24-8-10-27(11-9-24)38-18-22(17-36-38)16-34(2,3)40/h4-11,13,15,17-18,21,28,32,39-40H,12,14,16,19-20H2,1-3H3/t21-,28+,32+/m0/s1. The summed E-state index contributed by atoms with van der Waals surface area (Å²) in [6.07, 6.45) is 5.55. The number of aliphatic hydroxyl groups excluding tert-OH is 1. The van der Waals surface area contributed by atoms with Crippen LogP contribution in [0.1, 0.15) is 38.3 Å². The van der Waals surface area contributed by atoms with E-state index in [-0.39, 0.29) is 24.7 Å². The Kier molecular flexibility index (Phi) is 7.94. The molecule has 3 atom stereocenters. The van der Waals surface area contributed by atoms with Gasteiger partial charge in [-0.05, 0) is 78.3 Å². The summed E-state index contributed by atoms with van der Waals surface area (Å²) in [7, 11) is 0. The predicted octanol–water partition coefficient (Wildman–Crippen LogP) is 6.56. The van der Waals surface area contributed by atoms with Gasteiger partial charge < -0.3 is 19.7 Å². The summed E-state index contributed by atoms with van der Waals surface area (Å²) in [5, 5.41) is 24.7. The topological polar surface area (TPSA) is 89.1 Å². The second-order valence-electron chi connectivity index (χ2n) is 12.1. The van der Waals surface area contributed by atoms with Gasteiger partial charge in [0.05, 0.1) is 48.9 Å². The first kappa shape index (κ1) is 28.6. The van der Waals surface area contributed by atoms with Crippen LogP contribution in [0.4, 0.5) is 5.69 Å². The Balaban J connectivity index is 1.14. The van der Waals surface area contributed by atoms with Crippen molar-refractivity contribution in [3.8, 4) is 27.9 Å². The summed E-state index contributed by atoms with van der Waals surface area (Å²) < 4.78 is 13.8. The largest absolute Gasteiger partial charge is 0.475 e. The summed E-state index contributed by atoms with van der Waals surface area (Å²) >= 11 is 6.75. The number of halogens is 1. The molecule has 7 nitrogen and oxygen atoms in total. The molecule has 2 aliphatic rings. The van der Waals surface area contributed by atoms with Crippen LogP contribution in [0.2, 0.25) is 5.02 Å². The molecular formula is C34H36ClN3O4. The van der Waals surface area contributed by atoms with E-state index in [4.69, 9.17) is 26.1 Å². The highest BCUT2D eigenvalue weighted by atomic mass is 35.5. The zero-order chi connectivity index (χ0) is 29.4. The summed E-state index contributed by atoms with van der Waals surface area (Å²) in [4.78, 5) is 4.77. The minimum atomic E-state index is -0.770. The van der Waals surface area contributed by atoms with Crippen LogP contribution in [0.5, 0.6) is 0 Å². The highest BCUT2D eigenvalue weighted by Gasteiger charge is 2.31. The molecule has 8 heteroatoms. The van der Waals surface area contributed by atoms with E-state index in [9.17, 15) is 10.2 Å². The Morgan fingerprint density at radius 2 is 1.74 bits per heavy atom. The SMILES string of the molecule is C[C@H]1C[C@@H](OC2=Nc3cc(-c4ccc(-c5ccc(-n6cc(CC(C)(C)O)cn6)cc5)cc4)c(Cl)cc3C2)CO[C@@H]1CO. The van der Waals surface area contributed by atoms with Gasteiger partial charge in [0.2, 0.25) is 0 Å². The maximum Gasteiger partial charge on any atom is 0.193 e. The third-order valence-corrected chi connectivity index (χ3v) is 8.25. The molecule has 218 valence electrons. The number of ether oxygens (including phenoxy) is 2. The van der Waals surface area contributed by atoms with Crippen LogP contribution in [0.3, 0.4) is 0 Å². The fourth-order valence-corrected chi connectivity index (χ4v) is 6.05. The third-order valence-electron chi connectivity index (χ3n) is 7.94. The molecule has 1 saturated heterocycles. The summed E-state index contributed by atoms with van der Waals surface area (Å²) in [6.45, 7) is 6.16. The van der Waals surface area contributed by atoms with E-state index in [1.165, 1.54) is 0 Å². The molecule has 0 saturated carbocycles. The number of aromatic nitrogens is 2. The first-order valence-electron chi connectivity index (χ1n) is 14.4. The minimum Gasteiger partial charge on any atom is -0.475 e. The van der Waals surface area contributed by atoms with Crippen molar-refractivity contribution in [3.63, 3.8) is 0 Å². The van der Waals surface area contributed by atoms with Gasteiger partial charge in [0.25, 0.3) is 0 Å². The van der Waals surface area contributed by atoms with Gasteiger partial charge in [-0.2, -0.15) is 5.10 Å². The lowest BCUT2D eigenvalue weighted by Gasteiger charge is -2.33. The average molecular weight is 586 g/mol. The van der Waals surface area contributed by atoms with Crippen LogP contribution < -0.4 is 0 Å². The summed E-state index contributed by atoms with van der Waals surface area (Å²) in [5.74, 6) is 0.915. The molecule has 0 amide bonds. The lowest BCUT2D eigenvalue weighted by molar-refractivity contribution is -0.0978. The molecular weight excluding hydrogens is 550 g/mol. The van der Waals surface area contributed by atoms with Gasteiger partial charge >= 0.3 is 0 Å². The molecule has 2 aliphatic heterocycles. The van der Waals surface area contributed by atoms with E-state index in [2.05, 4.69) is 48.4 Å². The molecule has 1 fully saturated rings. The Bertz CT molecular complexity index is 1590. The van der Waals surface area contributed by atoms with Crippen LogP contribution >= 0.6 is 11.6 Å². The van der Waals surface area contributed by atoms with Crippen LogP contribution in [-0.2, 0) is 22.3 Å². The summed E-state index contributed by atoms with van der Waals surface area (Å²) in [5.41, 5.74) is 7.28. The van der Waals surface area contributed by atoms with Gasteiger partial charge in [0.1, 0.15) is 6.10 Å². The molecule has 4 aromatic rings. The van der Waals surface area contributed by atoms with Gasteiger partial charge in [-0.1, -0.05) is 54.9 Å². The predicted molar refractivity (Wildman–Crippen MR) is 166 cm³/mol. The average Bonchev–Trinajstić information content (AvgIpc) is 3.58. The van der Waals surface area contributed by atoms with Gasteiger partial charge in [-0.25, -0.2) is 9.67 Å². The number of aliphatic hydroxyl groups is 2. The fourth-order valence-electron chi connectivity index (χ4n) is 5.75. The van der Waals surface area contributed by atoms with E-state index >= 15 is 0 Å². The quantitative estimate of drug-likeness (QED) is 0.256. The summed E-state index contributed by atoms with van der Waals surface area (Å²) in [6, 6.07) is 20.7. The molecule has 1 aromatic heterocycles.